The topological polar surface area (TPSA) is 46.0 Å². The minimum Gasteiger partial charge on any atom is -0.345 e. The van der Waals surface area contributed by atoms with E-state index in [1.807, 2.05) is 52.9 Å². The van der Waals surface area contributed by atoms with Crippen molar-refractivity contribution < 1.29 is 0 Å². The zero-order chi connectivity index (χ0) is 17.3. The van der Waals surface area contributed by atoms with E-state index in [0.717, 1.165) is 39.1 Å². The van der Waals surface area contributed by atoms with Crippen LogP contribution in [0, 0.1) is 17.9 Å². The molecule has 4 nitrogen and oxygen atoms in total. The highest BCUT2D eigenvalue weighted by atomic mass is 15.0. The minimum atomic E-state index is 0.853. The molecule has 0 bridgehead atoms. The lowest BCUT2D eigenvalue weighted by Crippen LogP contribution is -1.90. The number of benzene rings is 2. The van der Waals surface area contributed by atoms with Gasteiger partial charge >= 0.3 is 0 Å². The van der Waals surface area contributed by atoms with E-state index < -0.39 is 0 Å². The molecule has 1 radical (unpaired) electrons. The van der Waals surface area contributed by atoms with Crippen LogP contribution < -0.4 is 0 Å². The van der Waals surface area contributed by atoms with Crippen LogP contribution in [0.5, 0.6) is 0 Å². The van der Waals surface area contributed by atoms with Crippen LogP contribution in [-0.4, -0.2) is 19.4 Å². The lowest BCUT2D eigenvalue weighted by Gasteiger charge is -2.03. The quantitative estimate of drug-likeness (QED) is 0.470. The molecule has 0 aliphatic rings. The van der Waals surface area contributed by atoms with E-state index in [1.165, 1.54) is 0 Å². The minimum absolute atomic E-state index is 0.853. The van der Waals surface area contributed by atoms with Crippen LogP contribution in [0.25, 0.3) is 27.8 Å². The first-order chi connectivity index (χ1) is 12.9. The molecule has 0 fully saturated rings. The first kappa shape index (κ1) is 14.5. The van der Waals surface area contributed by atoms with E-state index in [9.17, 15) is 0 Å². The van der Waals surface area contributed by atoms with E-state index >= 15 is 0 Å². The smallest absolute Gasteiger partial charge is 0.137 e. The molecule has 121 valence electrons. The van der Waals surface area contributed by atoms with Gasteiger partial charge in [0.15, 0.2) is 0 Å². The second-order valence-electron chi connectivity index (χ2n) is 5.96. The van der Waals surface area contributed by atoms with Gasteiger partial charge in [-0.2, -0.15) is 0 Å². The summed E-state index contributed by atoms with van der Waals surface area (Å²) >= 11 is 0. The predicted molar refractivity (Wildman–Crippen MR) is 102 cm³/mol. The average Bonchev–Trinajstić information content (AvgIpc) is 3.33. The van der Waals surface area contributed by atoms with Gasteiger partial charge in [0.1, 0.15) is 11.3 Å². The van der Waals surface area contributed by atoms with E-state index in [4.69, 9.17) is 0 Å². The molecule has 0 saturated carbocycles. The molecule has 0 amide bonds. The molecule has 0 atom stereocenters. The van der Waals surface area contributed by atoms with Gasteiger partial charge in [-0.15, -0.1) is 0 Å². The molecule has 0 unspecified atom stereocenters. The molecule has 0 aliphatic heterocycles. The molecule has 3 aromatic heterocycles. The first-order valence-corrected chi connectivity index (χ1v) is 8.26. The fraction of sp³-hybridized carbons (Fsp3) is 0. The van der Waals surface area contributed by atoms with E-state index in [2.05, 4.69) is 45.1 Å². The molecule has 5 aromatic rings. The number of hydrogen-bond acceptors (Lipinski definition) is 2. The molecule has 0 spiro atoms. The van der Waals surface area contributed by atoms with Gasteiger partial charge in [-0.05, 0) is 53.4 Å². The van der Waals surface area contributed by atoms with Crippen LogP contribution >= 0.6 is 0 Å². The summed E-state index contributed by atoms with van der Waals surface area (Å²) in [5, 5.41) is 0. The second kappa shape index (κ2) is 5.91. The fourth-order valence-electron chi connectivity index (χ4n) is 2.97. The van der Waals surface area contributed by atoms with Crippen molar-refractivity contribution in [2.45, 2.75) is 0 Å². The Kier molecular flexibility index (Phi) is 3.29. The summed E-state index contributed by atoms with van der Waals surface area (Å²) in [6, 6.07) is 21.0. The fourth-order valence-corrected chi connectivity index (χ4v) is 2.97. The van der Waals surface area contributed by atoms with Crippen molar-refractivity contribution in [1.29, 1.82) is 0 Å². The Labute approximate surface area is 150 Å². The third-order valence-corrected chi connectivity index (χ3v) is 4.31. The summed E-state index contributed by atoms with van der Waals surface area (Å²) in [5.41, 5.74) is 6.84. The van der Waals surface area contributed by atoms with Crippen molar-refractivity contribution in [2.24, 2.45) is 0 Å². The number of nitrogens with one attached hydrogen (secondary N) is 1. The molecular weight excluding hydrogens is 320 g/mol. The Morgan fingerprint density at radius 2 is 1.85 bits per heavy atom. The van der Waals surface area contributed by atoms with Crippen LogP contribution in [0.4, 0.5) is 0 Å². The van der Waals surface area contributed by atoms with Crippen LogP contribution in [0.3, 0.4) is 0 Å². The molecule has 5 rings (SSSR count). The number of nitrogens with zero attached hydrogens (tertiary/aromatic N) is 3. The highest BCUT2D eigenvalue weighted by molar-refractivity contribution is 5.76. The normalized spacial score (nSPS) is 10.8. The van der Waals surface area contributed by atoms with Crippen LogP contribution in [-0.2, 0) is 0 Å². The average molecular weight is 333 g/mol. The van der Waals surface area contributed by atoms with Gasteiger partial charge in [0.05, 0.1) is 23.6 Å². The zero-order valence-electron chi connectivity index (χ0n) is 13.8. The summed E-state index contributed by atoms with van der Waals surface area (Å²) < 4.78 is 2.02. The Hall–Kier alpha value is -3.84. The highest BCUT2D eigenvalue weighted by Gasteiger charge is 2.04. The molecule has 3 heterocycles. The van der Waals surface area contributed by atoms with Crippen molar-refractivity contribution in [3.8, 4) is 23.0 Å². The standard InChI is InChI=1S/C22H13N4/c1-2-4-17(5-3-1)18-8-11-22-23-13-19(26(22)14-18)9-6-16-7-10-20-21(12-16)25-15-24-20/h2-5,7-8,10-15H,(H,24,25). The molecule has 4 heteroatoms. The van der Waals surface area contributed by atoms with Crippen molar-refractivity contribution in [3.63, 3.8) is 0 Å². The lowest BCUT2D eigenvalue weighted by molar-refractivity contribution is 1.16. The zero-order valence-corrected chi connectivity index (χ0v) is 13.8. The maximum Gasteiger partial charge on any atom is 0.137 e. The Morgan fingerprint density at radius 1 is 0.923 bits per heavy atom. The Balaban J connectivity index is 1.57. The number of fused-ring (bicyclic) bond motifs is 2. The van der Waals surface area contributed by atoms with E-state index in [1.54, 1.807) is 12.5 Å². The first-order valence-electron chi connectivity index (χ1n) is 8.26. The van der Waals surface area contributed by atoms with E-state index in [0.29, 0.717) is 0 Å². The van der Waals surface area contributed by atoms with E-state index in [-0.39, 0.29) is 0 Å². The van der Waals surface area contributed by atoms with Gasteiger partial charge in [0.25, 0.3) is 0 Å². The number of rotatable bonds is 1. The number of pyridine rings is 1. The van der Waals surface area contributed by atoms with Gasteiger partial charge in [-0.25, -0.2) is 9.97 Å². The predicted octanol–water partition coefficient (Wildman–Crippen LogP) is 4.08. The molecule has 1 N–H and O–H groups in total. The number of H-pyrrole nitrogens is 1. The molecular formula is C22H13N4. The lowest BCUT2D eigenvalue weighted by atomic mass is 10.1. The summed E-state index contributed by atoms with van der Waals surface area (Å²) in [5.74, 6) is 6.44. The molecule has 0 saturated heterocycles. The second-order valence-corrected chi connectivity index (χ2v) is 5.96. The molecule has 2 aromatic carbocycles. The van der Waals surface area contributed by atoms with Crippen LogP contribution in [0.2, 0.25) is 0 Å². The summed E-state index contributed by atoms with van der Waals surface area (Å²) in [4.78, 5) is 11.8. The van der Waals surface area contributed by atoms with Crippen molar-refractivity contribution in [1.82, 2.24) is 19.4 Å². The number of imidazole rings is 2. The summed E-state index contributed by atoms with van der Waals surface area (Å²) in [7, 11) is 0. The van der Waals surface area contributed by atoms with Gasteiger partial charge in [-0.3, -0.25) is 4.40 Å². The number of aromatic amines is 1. The maximum atomic E-state index is 4.44. The largest absolute Gasteiger partial charge is 0.345 e. The number of aromatic nitrogens is 4. The van der Waals surface area contributed by atoms with Crippen molar-refractivity contribution in [3.05, 3.63) is 90.6 Å². The third-order valence-electron chi connectivity index (χ3n) is 4.31. The highest BCUT2D eigenvalue weighted by Crippen LogP contribution is 2.20. The van der Waals surface area contributed by atoms with Crippen LogP contribution in [0.1, 0.15) is 11.3 Å². The summed E-state index contributed by atoms with van der Waals surface area (Å²) in [6.07, 6.45) is 5.56. The maximum absolute atomic E-state index is 4.44. The van der Waals surface area contributed by atoms with Crippen LogP contribution in [0.15, 0.2) is 73.3 Å². The van der Waals surface area contributed by atoms with Gasteiger partial charge in [-0.1, -0.05) is 30.2 Å². The summed E-state index contributed by atoms with van der Waals surface area (Å²) in [6.45, 7) is 0. The number of hydrogen-bond donors (Lipinski definition) is 1. The molecule has 0 aliphatic carbocycles. The van der Waals surface area contributed by atoms with Gasteiger partial charge in [0.2, 0.25) is 0 Å². The molecule has 26 heavy (non-hydrogen) atoms. The van der Waals surface area contributed by atoms with Crippen molar-refractivity contribution >= 4 is 16.7 Å². The monoisotopic (exact) mass is 333 g/mol. The third kappa shape index (κ3) is 2.52. The Morgan fingerprint density at radius 3 is 2.77 bits per heavy atom. The Bertz CT molecular complexity index is 1280. The van der Waals surface area contributed by atoms with Crippen molar-refractivity contribution in [2.75, 3.05) is 0 Å². The van der Waals surface area contributed by atoms with Gasteiger partial charge < -0.3 is 4.98 Å². The SMILES string of the molecule is C(#Cc1cnc2ccc(-c3cc[c]cc3)cn12)c1ccc2[nH]cnc2c1. The van der Waals surface area contributed by atoms with Gasteiger partial charge in [0, 0.05) is 11.8 Å².